The SMILES string of the molecule is CCC(C(N)=O)N(C(=O)O)C(C)(C)C. The van der Waals surface area contributed by atoms with Gasteiger partial charge in [-0.05, 0) is 27.2 Å². The van der Waals surface area contributed by atoms with E-state index in [1.165, 1.54) is 0 Å². The Labute approximate surface area is 83.9 Å². The van der Waals surface area contributed by atoms with Crippen LogP contribution in [0.25, 0.3) is 0 Å². The molecule has 2 amide bonds. The van der Waals surface area contributed by atoms with Crippen molar-refractivity contribution in [2.45, 2.75) is 45.7 Å². The summed E-state index contributed by atoms with van der Waals surface area (Å²) in [6, 6.07) is -0.757. The van der Waals surface area contributed by atoms with Gasteiger partial charge in [-0.1, -0.05) is 6.92 Å². The lowest BCUT2D eigenvalue weighted by atomic mass is 10.0. The molecule has 0 aliphatic heterocycles. The number of hydrogen-bond donors (Lipinski definition) is 2. The van der Waals surface area contributed by atoms with Crippen molar-refractivity contribution >= 4 is 12.0 Å². The minimum atomic E-state index is -1.12. The Morgan fingerprint density at radius 3 is 1.93 bits per heavy atom. The second-order valence-electron chi connectivity index (χ2n) is 4.15. The van der Waals surface area contributed by atoms with E-state index in [-0.39, 0.29) is 0 Å². The Morgan fingerprint density at radius 2 is 1.86 bits per heavy atom. The van der Waals surface area contributed by atoms with Gasteiger partial charge >= 0.3 is 6.09 Å². The predicted molar refractivity (Wildman–Crippen MR) is 52.9 cm³/mol. The van der Waals surface area contributed by atoms with Crippen molar-refractivity contribution in [1.29, 1.82) is 0 Å². The zero-order chi connectivity index (χ0) is 11.5. The second-order valence-corrected chi connectivity index (χ2v) is 4.15. The van der Waals surface area contributed by atoms with Gasteiger partial charge in [0.15, 0.2) is 0 Å². The molecule has 14 heavy (non-hydrogen) atoms. The molecule has 1 unspecified atom stereocenters. The smallest absolute Gasteiger partial charge is 0.408 e. The first-order valence-electron chi connectivity index (χ1n) is 4.53. The highest BCUT2D eigenvalue weighted by atomic mass is 16.4. The topological polar surface area (TPSA) is 83.6 Å². The van der Waals surface area contributed by atoms with E-state index in [1.807, 2.05) is 0 Å². The third-order valence-electron chi connectivity index (χ3n) is 1.96. The normalized spacial score (nSPS) is 13.4. The summed E-state index contributed by atoms with van der Waals surface area (Å²) >= 11 is 0. The summed E-state index contributed by atoms with van der Waals surface area (Å²) in [7, 11) is 0. The molecule has 0 saturated heterocycles. The minimum Gasteiger partial charge on any atom is -0.465 e. The molecule has 0 rings (SSSR count). The van der Waals surface area contributed by atoms with E-state index in [0.29, 0.717) is 6.42 Å². The van der Waals surface area contributed by atoms with E-state index in [0.717, 1.165) is 4.90 Å². The van der Waals surface area contributed by atoms with E-state index in [9.17, 15) is 9.59 Å². The third-order valence-corrected chi connectivity index (χ3v) is 1.96. The van der Waals surface area contributed by atoms with Gasteiger partial charge in [0.25, 0.3) is 0 Å². The number of primary amides is 1. The summed E-state index contributed by atoms with van der Waals surface area (Å²) < 4.78 is 0. The van der Waals surface area contributed by atoms with E-state index in [2.05, 4.69) is 0 Å². The average molecular weight is 202 g/mol. The molecular weight excluding hydrogens is 184 g/mol. The van der Waals surface area contributed by atoms with Gasteiger partial charge in [0.2, 0.25) is 5.91 Å². The van der Waals surface area contributed by atoms with Gasteiger partial charge in [0.05, 0.1) is 0 Å². The van der Waals surface area contributed by atoms with Crippen LogP contribution in [0.5, 0.6) is 0 Å². The number of carbonyl (C=O) groups is 2. The molecule has 0 spiro atoms. The van der Waals surface area contributed by atoms with Gasteiger partial charge < -0.3 is 10.8 Å². The number of nitrogens with zero attached hydrogens (tertiary/aromatic N) is 1. The summed E-state index contributed by atoms with van der Waals surface area (Å²) in [6.45, 7) is 6.92. The second kappa shape index (κ2) is 4.30. The number of carboxylic acid groups (broad SMARTS) is 1. The maximum absolute atomic E-state index is 11.0. The summed E-state index contributed by atoms with van der Waals surface area (Å²) in [5, 5.41) is 8.98. The number of hydrogen-bond acceptors (Lipinski definition) is 2. The van der Waals surface area contributed by atoms with E-state index < -0.39 is 23.6 Å². The fourth-order valence-corrected chi connectivity index (χ4v) is 1.40. The summed E-state index contributed by atoms with van der Waals surface area (Å²) in [6.07, 6.45) is -0.734. The van der Waals surface area contributed by atoms with Gasteiger partial charge in [-0.2, -0.15) is 0 Å². The van der Waals surface area contributed by atoms with Crippen LogP contribution >= 0.6 is 0 Å². The largest absolute Gasteiger partial charge is 0.465 e. The Morgan fingerprint density at radius 1 is 1.43 bits per heavy atom. The molecule has 0 saturated carbocycles. The zero-order valence-electron chi connectivity index (χ0n) is 9.07. The first kappa shape index (κ1) is 12.7. The predicted octanol–water partition coefficient (Wildman–Crippen LogP) is 1.03. The van der Waals surface area contributed by atoms with Crippen LogP contribution in [0, 0.1) is 0 Å². The van der Waals surface area contributed by atoms with Crippen molar-refractivity contribution in [3.63, 3.8) is 0 Å². The van der Waals surface area contributed by atoms with Crippen LogP contribution in [0.2, 0.25) is 0 Å². The third kappa shape index (κ3) is 2.90. The van der Waals surface area contributed by atoms with Gasteiger partial charge in [0, 0.05) is 5.54 Å². The van der Waals surface area contributed by atoms with Crippen LogP contribution < -0.4 is 5.73 Å². The molecule has 0 bridgehead atoms. The molecule has 5 nitrogen and oxygen atoms in total. The number of rotatable bonds is 3. The molecule has 0 heterocycles. The zero-order valence-corrected chi connectivity index (χ0v) is 9.07. The van der Waals surface area contributed by atoms with Crippen molar-refractivity contribution in [2.75, 3.05) is 0 Å². The van der Waals surface area contributed by atoms with Crippen LogP contribution in [-0.4, -0.2) is 33.6 Å². The van der Waals surface area contributed by atoms with Crippen molar-refractivity contribution in [3.8, 4) is 0 Å². The van der Waals surface area contributed by atoms with E-state index >= 15 is 0 Å². The Kier molecular flexibility index (Phi) is 3.92. The first-order valence-corrected chi connectivity index (χ1v) is 4.53. The molecule has 0 aliphatic carbocycles. The van der Waals surface area contributed by atoms with Crippen LogP contribution in [-0.2, 0) is 4.79 Å². The lowest BCUT2D eigenvalue weighted by Crippen LogP contribution is -2.55. The fourth-order valence-electron chi connectivity index (χ4n) is 1.40. The molecule has 0 radical (unpaired) electrons. The highest BCUT2D eigenvalue weighted by Gasteiger charge is 2.35. The molecule has 82 valence electrons. The van der Waals surface area contributed by atoms with Gasteiger partial charge in [-0.15, -0.1) is 0 Å². The molecule has 0 aromatic carbocycles. The van der Waals surface area contributed by atoms with Crippen LogP contribution in [0.1, 0.15) is 34.1 Å². The lowest BCUT2D eigenvalue weighted by Gasteiger charge is -2.37. The highest BCUT2D eigenvalue weighted by molar-refractivity contribution is 5.84. The first-order chi connectivity index (χ1) is 6.21. The summed E-state index contributed by atoms with van der Waals surface area (Å²) in [5.41, 5.74) is 4.52. The van der Waals surface area contributed by atoms with E-state index in [4.69, 9.17) is 10.8 Å². The number of carbonyl (C=O) groups excluding carboxylic acids is 1. The molecule has 3 N–H and O–H groups in total. The number of nitrogens with two attached hydrogens (primary N) is 1. The molecule has 5 heteroatoms. The summed E-state index contributed by atoms with van der Waals surface area (Å²) in [5.74, 6) is -0.607. The molecule has 0 fully saturated rings. The summed E-state index contributed by atoms with van der Waals surface area (Å²) in [4.78, 5) is 23.1. The minimum absolute atomic E-state index is 0.388. The van der Waals surface area contributed by atoms with E-state index in [1.54, 1.807) is 27.7 Å². The fraction of sp³-hybridized carbons (Fsp3) is 0.778. The molecular formula is C9H18N2O3. The lowest BCUT2D eigenvalue weighted by molar-refractivity contribution is -0.124. The standard InChI is InChI=1S/C9H18N2O3/c1-5-6(7(10)12)11(8(13)14)9(2,3)4/h6H,5H2,1-4H3,(H2,10,12)(H,13,14). The molecule has 0 aromatic heterocycles. The number of amides is 2. The van der Waals surface area contributed by atoms with Crippen molar-refractivity contribution in [1.82, 2.24) is 4.90 Å². The van der Waals surface area contributed by atoms with Crippen LogP contribution in [0.15, 0.2) is 0 Å². The van der Waals surface area contributed by atoms with Gasteiger partial charge in [0.1, 0.15) is 6.04 Å². The Balaban J connectivity index is 4.99. The monoisotopic (exact) mass is 202 g/mol. The quantitative estimate of drug-likeness (QED) is 0.716. The van der Waals surface area contributed by atoms with Gasteiger partial charge in [-0.25, -0.2) is 4.79 Å². The van der Waals surface area contributed by atoms with Crippen LogP contribution in [0.3, 0.4) is 0 Å². The molecule has 0 aromatic rings. The maximum atomic E-state index is 11.0. The highest BCUT2D eigenvalue weighted by Crippen LogP contribution is 2.18. The van der Waals surface area contributed by atoms with Crippen molar-refractivity contribution in [3.05, 3.63) is 0 Å². The molecule has 0 aliphatic rings. The van der Waals surface area contributed by atoms with Crippen molar-refractivity contribution in [2.24, 2.45) is 5.73 Å². The van der Waals surface area contributed by atoms with Crippen LogP contribution in [0.4, 0.5) is 4.79 Å². The Hall–Kier alpha value is -1.26. The van der Waals surface area contributed by atoms with Gasteiger partial charge in [-0.3, -0.25) is 9.69 Å². The Bertz CT molecular complexity index is 233. The molecule has 1 atom stereocenters. The maximum Gasteiger partial charge on any atom is 0.408 e. The average Bonchev–Trinajstić information content (AvgIpc) is 1.95. The van der Waals surface area contributed by atoms with Crippen molar-refractivity contribution < 1.29 is 14.7 Å².